The first-order chi connectivity index (χ1) is 13.7. The number of benzene rings is 2. The van der Waals surface area contributed by atoms with E-state index in [0.29, 0.717) is 11.8 Å². The van der Waals surface area contributed by atoms with Crippen LogP contribution in [0.3, 0.4) is 0 Å². The summed E-state index contributed by atoms with van der Waals surface area (Å²) in [5.41, 5.74) is 4.42. The zero-order valence-electron chi connectivity index (χ0n) is 16.5. The quantitative estimate of drug-likeness (QED) is 0.617. The van der Waals surface area contributed by atoms with Gasteiger partial charge in [-0.1, -0.05) is 61.5 Å². The largest absolute Gasteiger partial charge is 0.479 e. The molecule has 0 aliphatic carbocycles. The molecule has 0 saturated carbocycles. The van der Waals surface area contributed by atoms with Crippen LogP contribution in [0.4, 0.5) is 0 Å². The van der Waals surface area contributed by atoms with Gasteiger partial charge < -0.3 is 25.3 Å². The third-order valence-corrected chi connectivity index (χ3v) is 4.96. The van der Waals surface area contributed by atoms with Gasteiger partial charge in [0, 0.05) is 19.0 Å². The molecule has 0 aromatic heterocycles. The van der Waals surface area contributed by atoms with Gasteiger partial charge in [-0.3, -0.25) is 0 Å². The Kier molecular flexibility index (Phi) is 7.90. The van der Waals surface area contributed by atoms with E-state index in [1.165, 1.54) is 16.7 Å². The van der Waals surface area contributed by atoms with E-state index in [9.17, 15) is 9.59 Å². The van der Waals surface area contributed by atoms with E-state index < -0.39 is 24.1 Å². The maximum atomic E-state index is 9.77. The normalized spacial score (nSPS) is 21.0. The summed E-state index contributed by atoms with van der Waals surface area (Å²) >= 11 is 0. The Labute approximate surface area is 169 Å². The molecular weight excluding hydrogens is 374 g/mol. The van der Waals surface area contributed by atoms with Gasteiger partial charge >= 0.3 is 11.9 Å². The van der Waals surface area contributed by atoms with E-state index in [1.54, 1.807) is 0 Å². The van der Waals surface area contributed by atoms with Crippen molar-refractivity contribution in [2.45, 2.75) is 31.6 Å². The van der Waals surface area contributed by atoms with Crippen LogP contribution in [0.2, 0.25) is 0 Å². The van der Waals surface area contributed by atoms with Crippen LogP contribution in [-0.2, 0) is 16.1 Å². The number of aliphatic carboxylic acids is 2. The highest BCUT2D eigenvalue weighted by atomic mass is 16.4. The summed E-state index contributed by atoms with van der Waals surface area (Å²) in [7, 11) is 2.22. The predicted octanol–water partition coefficient (Wildman–Crippen LogP) is 1.78. The number of carboxylic acid groups (broad SMARTS) is 2. The van der Waals surface area contributed by atoms with Crippen LogP contribution in [0.5, 0.6) is 0 Å². The molecule has 7 nitrogen and oxygen atoms in total. The van der Waals surface area contributed by atoms with Gasteiger partial charge in [0.05, 0.1) is 0 Å². The van der Waals surface area contributed by atoms with Gasteiger partial charge in [0.15, 0.2) is 12.2 Å². The molecular formula is C22H27NO6. The van der Waals surface area contributed by atoms with Crippen LogP contribution in [-0.4, -0.2) is 63.1 Å². The Bertz CT molecular complexity index is 807. The fourth-order valence-corrected chi connectivity index (χ4v) is 3.68. The molecule has 1 aliphatic rings. The van der Waals surface area contributed by atoms with E-state index in [4.69, 9.17) is 20.4 Å². The Morgan fingerprint density at radius 1 is 0.931 bits per heavy atom. The van der Waals surface area contributed by atoms with Crippen molar-refractivity contribution in [3.05, 3.63) is 71.3 Å². The molecule has 4 atom stereocenters. The fraction of sp³-hybridized carbons (Fsp3) is 0.364. The SMILES string of the molecule is C[C@@H]1CN(C)Cc2ccccc2[C@H]1c1ccccc1.O=C(O)[C@H](O)[C@@H](O)C(=O)O. The molecule has 2 aromatic carbocycles. The average molecular weight is 401 g/mol. The molecule has 7 heteroatoms. The molecule has 0 fully saturated rings. The van der Waals surface area contributed by atoms with Crippen LogP contribution in [0.1, 0.15) is 29.5 Å². The van der Waals surface area contributed by atoms with Crippen molar-refractivity contribution in [2.75, 3.05) is 13.6 Å². The van der Waals surface area contributed by atoms with Gasteiger partial charge in [-0.15, -0.1) is 0 Å². The summed E-state index contributed by atoms with van der Waals surface area (Å²) in [5, 5.41) is 32.5. The first-order valence-corrected chi connectivity index (χ1v) is 9.35. The lowest BCUT2D eigenvalue weighted by atomic mass is 9.80. The lowest BCUT2D eigenvalue weighted by Gasteiger charge is -2.25. The van der Waals surface area contributed by atoms with Gasteiger partial charge in [-0.25, -0.2) is 9.59 Å². The molecule has 0 spiro atoms. The van der Waals surface area contributed by atoms with Gasteiger partial charge in [-0.2, -0.15) is 0 Å². The number of nitrogens with zero attached hydrogens (tertiary/aromatic N) is 1. The maximum absolute atomic E-state index is 9.77. The lowest BCUT2D eigenvalue weighted by Crippen LogP contribution is -2.39. The highest BCUT2D eigenvalue weighted by molar-refractivity contribution is 5.83. The van der Waals surface area contributed by atoms with E-state index in [0.717, 1.165) is 13.1 Å². The standard InChI is InChI=1S/C18H21N.C4H6O6/c1-14-12-19(2)13-16-10-6-7-11-17(16)18(14)15-8-4-3-5-9-15;5-1(3(7)8)2(6)4(9)10/h3-11,14,18H,12-13H2,1-2H3;1-2,5-6H,(H,7,8)(H,9,10)/t14-,18-;1-,2-/m11/s1. The van der Waals surface area contributed by atoms with Gasteiger partial charge in [-0.05, 0) is 29.7 Å². The Morgan fingerprint density at radius 2 is 1.45 bits per heavy atom. The first-order valence-electron chi connectivity index (χ1n) is 9.35. The van der Waals surface area contributed by atoms with Gasteiger partial charge in [0.25, 0.3) is 0 Å². The van der Waals surface area contributed by atoms with Crippen LogP contribution in [0, 0.1) is 5.92 Å². The first kappa shape index (κ1) is 22.5. The second-order valence-electron chi connectivity index (χ2n) is 7.33. The minimum atomic E-state index is -2.27. The van der Waals surface area contributed by atoms with Crippen LogP contribution >= 0.6 is 0 Å². The Balaban J connectivity index is 0.000000257. The number of hydrogen-bond donors (Lipinski definition) is 4. The zero-order valence-corrected chi connectivity index (χ0v) is 16.5. The van der Waals surface area contributed by atoms with Crippen molar-refractivity contribution in [1.82, 2.24) is 4.90 Å². The number of rotatable bonds is 4. The van der Waals surface area contributed by atoms with E-state index in [2.05, 4.69) is 73.5 Å². The molecule has 0 saturated heterocycles. The predicted molar refractivity (Wildman–Crippen MR) is 108 cm³/mol. The Hall–Kier alpha value is -2.74. The van der Waals surface area contributed by atoms with Crippen molar-refractivity contribution in [3.63, 3.8) is 0 Å². The van der Waals surface area contributed by atoms with Gasteiger partial charge in [0.1, 0.15) is 0 Å². The molecule has 1 heterocycles. The molecule has 29 heavy (non-hydrogen) atoms. The number of carboxylic acids is 2. The number of aliphatic hydroxyl groups excluding tert-OH is 2. The van der Waals surface area contributed by atoms with Crippen LogP contribution in [0.15, 0.2) is 54.6 Å². The van der Waals surface area contributed by atoms with E-state index >= 15 is 0 Å². The molecule has 0 radical (unpaired) electrons. The summed E-state index contributed by atoms with van der Waals surface area (Å²) in [6.45, 7) is 4.58. The van der Waals surface area contributed by atoms with Crippen molar-refractivity contribution in [2.24, 2.45) is 5.92 Å². The van der Waals surface area contributed by atoms with E-state index in [-0.39, 0.29) is 0 Å². The zero-order chi connectivity index (χ0) is 21.6. The third kappa shape index (κ3) is 5.87. The number of fused-ring (bicyclic) bond motifs is 1. The van der Waals surface area contributed by atoms with Crippen LogP contribution in [0.25, 0.3) is 0 Å². The minimum Gasteiger partial charge on any atom is -0.479 e. The van der Waals surface area contributed by atoms with Crippen molar-refractivity contribution >= 4 is 11.9 Å². The topological polar surface area (TPSA) is 118 Å². The molecule has 0 bridgehead atoms. The number of carbonyl (C=O) groups is 2. The fourth-order valence-electron chi connectivity index (χ4n) is 3.68. The lowest BCUT2D eigenvalue weighted by molar-refractivity contribution is -0.165. The second-order valence-corrected chi connectivity index (χ2v) is 7.33. The highest BCUT2D eigenvalue weighted by Gasteiger charge is 2.29. The minimum absolute atomic E-state index is 0.516. The summed E-state index contributed by atoms with van der Waals surface area (Å²) < 4.78 is 0. The molecule has 0 amide bonds. The monoisotopic (exact) mass is 401 g/mol. The molecule has 4 N–H and O–H groups in total. The van der Waals surface area contributed by atoms with Crippen LogP contribution < -0.4 is 0 Å². The molecule has 2 aromatic rings. The van der Waals surface area contributed by atoms with Crippen molar-refractivity contribution in [3.8, 4) is 0 Å². The highest BCUT2D eigenvalue weighted by Crippen LogP contribution is 2.37. The number of aliphatic hydroxyl groups is 2. The second kappa shape index (κ2) is 10.2. The van der Waals surface area contributed by atoms with E-state index in [1.807, 2.05) is 0 Å². The molecule has 3 rings (SSSR count). The number of hydrogen-bond acceptors (Lipinski definition) is 5. The van der Waals surface area contributed by atoms with Crippen molar-refractivity contribution in [1.29, 1.82) is 0 Å². The van der Waals surface area contributed by atoms with Gasteiger partial charge in [0.2, 0.25) is 0 Å². The molecule has 156 valence electrons. The average Bonchev–Trinajstić information content (AvgIpc) is 2.81. The van der Waals surface area contributed by atoms with Crippen molar-refractivity contribution < 1.29 is 30.0 Å². The third-order valence-electron chi connectivity index (χ3n) is 4.96. The Morgan fingerprint density at radius 3 is 2.00 bits per heavy atom. The molecule has 1 aliphatic heterocycles. The summed E-state index contributed by atoms with van der Waals surface area (Å²) in [4.78, 5) is 22.0. The maximum Gasteiger partial charge on any atom is 0.335 e. The summed E-state index contributed by atoms with van der Waals surface area (Å²) in [5.74, 6) is -2.39. The smallest absolute Gasteiger partial charge is 0.335 e. The molecule has 0 unspecified atom stereocenters. The summed E-state index contributed by atoms with van der Waals surface area (Å²) in [6, 6.07) is 19.9. The summed E-state index contributed by atoms with van der Waals surface area (Å²) in [6.07, 6.45) is -4.53.